The first-order valence-corrected chi connectivity index (χ1v) is 5.96. The standard InChI is InChI=1S/C13H12F3NO3/c14-13(15,16)10-4-2-1-3-7(10)6-17-11(18)8-5-9(8)12(19)20/h1-4,8-9H,5-6H2,(H,17,18)(H,19,20)/t8-,9+/m1/s1. The average Bonchev–Trinajstić information content (AvgIpc) is 3.15. The van der Waals surface area contributed by atoms with E-state index in [1.54, 1.807) is 0 Å². The van der Waals surface area contributed by atoms with Crippen LogP contribution in [0.25, 0.3) is 0 Å². The third kappa shape index (κ3) is 3.09. The zero-order chi connectivity index (χ0) is 14.9. The Morgan fingerprint density at radius 3 is 2.45 bits per heavy atom. The first kappa shape index (κ1) is 14.4. The number of carbonyl (C=O) groups excluding carboxylic acids is 1. The SMILES string of the molecule is O=C(O)[C@H]1C[C@H]1C(=O)NCc1ccccc1C(F)(F)F. The number of nitrogens with one attached hydrogen (secondary N) is 1. The van der Waals surface area contributed by atoms with E-state index in [1.165, 1.54) is 18.2 Å². The number of carbonyl (C=O) groups is 2. The lowest BCUT2D eigenvalue weighted by Crippen LogP contribution is -2.27. The number of halogens is 3. The Labute approximate surface area is 112 Å². The molecule has 0 bridgehead atoms. The largest absolute Gasteiger partial charge is 0.481 e. The minimum Gasteiger partial charge on any atom is -0.481 e. The molecule has 0 unspecified atom stereocenters. The smallest absolute Gasteiger partial charge is 0.416 e. The van der Waals surface area contributed by atoms with Crippen molar-refractivity contribution in [3.8, 4) is 0 Å². The molecule has 2 N–H and O–H groups in total. The third-order valence-electron chi connectivity index (χ3n) is 3.22. The number of benzene rings is 1. The summed E-state index contributed by atoms with van der Waals surface area (Å²) in [5.41, 5.74) is -0.841. The van der Waals surface area contributed by atoms with Gasteiger partial charge in [-0.3, -0.25) is 9.59 Å². The average molecular weight is 287 g/mol. The Kier molecular flexibility index (Phi) is 3.69. The van der Waals surface area contributed by atoms with Crippen LogP contribution in [0.3, 0.4) is 0 Å². The molecule has 2 atom stereocenters. The number of carboxylic acids is 1. The minimum atomic E-state index is -4.48. The molecule has 4 nitrogen and oxygen atoms in total. The predicted octanol–water partition coefficient (Wildman–Crippen LogP) is 2.04. The summed E-state index contributed by atoms with van der Waals surface area (Å²) in [6.45, 7) is -0.267. The molecule has 0 saturated heterocycles. The molecule has 1 aliphatic carbocycles. The Bertz CT molecular complexity index is 542. The van der Waals surface area contributed by atoms with Gasteiger partial charge in [0, 0.05) is 6.54 Å². The van der Waals surface area contributed by atoms with E-state index in [0.717, 1.165) is 6.07 Å². The number of alkyl halides is 3. The summed E-state index contributed by atoms with van der Waals surface area (Å²) in [4.78, 5) is 22.2. The summed E-state index contributed by atoms with van der Waals surface area (Å²) in [6, 6.07) is 4.95. The lowest BCUT2D eigenvalue weighted by atomic mass is 10.1. The third-order valence-corrected chi connectivity index (χ3v) is 3.22. The van der Waals surface area contributed by atoms with E-state index < -0.39 is 35.5 Å². The van der Waals surface area contributed by atoms with E-state index in [4.69, 9.17) is 5.11 Å². The molecule has 0 aliphatic heterocycles. The molecular formula is C13H12F3NO3. The van der Waals surface area contributed by atoms with Crippen molar-refractivity contribution in [2.75, 3.05) is 0 Å². The van der Waals surface area contributed by atoms with Crippen molar-refractivity contribution in [3.63, 3.8) is 0 Å². The molecule has 0 spiro atoms. The fourth-order valence-corrected chi connectivity index (χ4v) is 2.02. The van der Waals surface area contributed by atoms with Gasteiger partial charge in [0.2, 0.25) is 5.91 Å². The first-order chi connectivity index (χ1) is 9.30. The van der Waals surface area contributed by atoms with Crippen LogP contribution in [0.4, 0.5) is 13.2 Å². The highest BCUT2D eigenvalue weighted by molar-refractivity contribution is 5.89. The lowest BCUT2D eigenvalue weighted by molar-refractivity contribution is -0.140. The molecule has 2 rings (SSSR count). The molecule has 1 aromatic rings. The molecule has 20 heavy (non-hydrogen) atoms. The molecule has 108 valence electrons. The van der Waals surface area contributed by atoms with E-state index in [9.17, 15) is 22.8 Å². The molecule has 1 aliphatic rings. The number of carboxylic acid groups (broad SMARTS) is 1. The number of rotatable bonds is 4. The Hall–Kier alpha value is -2.05. The van der Waals surface area contributed by atoms with Crippen LogP contribution in [0.2, 0.25) is 0 Å². The van der Waals surface area contributed by atoms with Crippen molar-refractivity contribution in [2.45, 2.75) is 19.1 Å². The fourth-order valence-electron chi connectivity index (χ4n) is 2.02. The summed E-state index contributed by atoms with van der Waals surface area (Å²) in [7, 11) is 0. The molecule has 0 heterocycles. The van der Waals surface area contributed by atoms with Gasteiger partial charge in [0.05, 0.1) is 17.4 Å². The van der Waals surface area contributed by atoms with Crippen molar-refractivity contribution in [3.05, 3.63) is 35.4 Å². The molecule has 1 amide bonds. The molecule has 7 heteroatoms. The van der Waals surface area contributed by atoms with Crippen LogP contribution < -0.4 is 5.32 Å². The maximum Gasteiger partial charge on any atom is 0.416 e. The number of aliphatic carboxylic acids is 1. The van der Waals surface area contributed by atoms with Gasteiger partial charge in [0.15, 0.2) is 0 Å². The summed E-state index contributed by atoms with van der Waals surface area (Å²) >= 11 is 0. The van der Waals surface area contributed by atoms with E-state index in [2.05, 4.69) is 5.32 Å². The Morgan fingerprint density at radius 2 is 1.90 bits per heavy atom. The van der Waals surface area contributed by atoms with E-state index in [0.29, 0.717) is 0 Å². The predicted molar refractivity (Wildman–Crippen MR) is 62.5 cm³/mol. The van der Waals surface area contributed by atoms with Crippen LogP contribution in [-0.4, -0.2) is 17.0 Å². The van der Waals surface area contributed by atoms with Crippen LogP contribution in [0, 0.1) is 11.8 Å². The van der Waals surface area contributed by atoms with Gasteiger partial charge in [0.1, 0.15) is 0 Å². The second-order valence-corrected chi connectivity index (χ2v) is 4.66. The van der Waals surface area contributed by atoms with Crippen molar-refractivity contribution >= 4 is 11.9 Å². The maximum atomic E-state index is 12.7. The van der Waals surface area contributed by atoms with E-state index in [-0.39, 0.29) is 18.5 Å². The maximum absolute atomic E-state index is 12.7. The van der Waals surface area contributed by atoms with Gasteiger partial charge in [0.25, 0.3) is 0 Å². The first-order valence-electron chi connectivity index (χ1n) is 5.96. The van der Waals surface area contributed by atoms with E-state index in [1.807, 2.05) is 0 Å². The lowest BCUT2D eigenvalue weighted by Gasteiger charge is -2.13. The van der Waals surface area contributed by atoms with Crippen LogP contribution in [0.5, 0.6) is 0 Å². The van der Waals surface area contributed by atoms with Gasteiger partial charge in [-0.1, -0.05) is 18.2 Å². The summed E-state index contributed by atoms with van der Waals surface area (Å²) in [5.74, 6) is -2.92. The topological polar surface area (TPSA) is 66.4 Å². The van der Waals surface area contributed by atoms with Crippen LogP contribution >= 0.6 is 0 Å². The summed E-state index contributed by atoms with van der Waals surface area (Å²) < 4.78 is 38.2. The monoisotopic (exact) mass is 287 g/mol. The molecule has 1 aromatic carbocycles. The number of amides is 1. The second-order valence-electron chi connectivity index (χ2n) is 4.66. The second kappa shape index (κ2) is 5.15. The van der Waals surface area contributed by atoms with E-state index >= 15 is 0 Å². The van der Waals surface area contributed by atoms with Crippen molar-refractivity contribution in [1.82, 2.24) is 5.32 Å². The highest BCUT2D eigenvalue weighted by atomic mass is 19.4. The van der Waals surface area contributed by atoms with Crippen LogP contribution in [0.1, 0.15) is 17.5 Å². The Morgan fingerprint density at radius 1 is 1.25 bits per heavy atom. The highest BCUT2D eigenvalue weighted by Gasteiger charge is 2.48. The fraction of sp³-hybridized carbons (Fsp3) is 0.385. The zero-order valence-corrected chi connectivity index (χ0v) is 10.3. The van der Waals surface area contributed by atoms with Crippen molar-refractivity contribution < 1.29 is 27.9 Å². The highest BCUT2D eigenvalue weighted by Crippen LogP contribution is 2.39. The van der Waals surface area contributed by atoms with Crippen LogP contribution in [-0.2, 0) is 22.3 Å². The summed E-state index contributed by atoms with van der Waals surface area (Å²) in [5, 5.41) is 11.0. The van der Waals surface area contributed by atoms with Crippen molar-refractivity contribution in [2.24, 2.45) is 11.8 Å². The molecule has 1 saturated carbocycles. The van der Waals surface area contributed by atoms with Crippen LogP contribution in [0.15, 0.2) is 24.3 Å². The van der Waals surface area contributed by atoms with Gasteiger partial charge in [-0.25, -0.2) is 0 Å². The normalized spacial score (nSPS) is 21.4. The number of hydrogen-bond acceptors (Lipinski definition) is 2. The van der Waals surface area contributed by atoms with Gasteiger partial charge in [-0.2, -0.15) is 13.2 Å². The van der Waals surface area contributed by atoms with Crippen molar-refractivity contribution in [1.29, 1.82) is 0 Å². The zero-order valence-electron chi connectivity index (χ0n) is 10.3. The van der Waals surface area contributed by atoms with Gasteiger partial charge < -0.3 is 10.4 Å². The van der Waals surface area contributed by atoms with Gasteiger partial charge >= 0.3 is 12.1 Å². The minimum absolute atomic E-state index is 0.0409. The Balaban J connectivity index is 1.99. The quantitative estimate of drug-likeness (QED) is 0.890. The number of hydrogen-bond donors (Lipinski definition) is 2. The molecule has 0 aromatic heterocycles. The van der Waals surface area contributed by atoms with Gasteiger partial charge in [-0.15, -0.1) is 0 Å². The summed E-state index contributed by atoms with van der Waals surface area (Å²) in [6.07, 6.45) is -4.24. The van der Waals surface area contributed by atoms with Gasteiger partial charge in [-0.05, 0) is 18.1 Å². The molecule has 0 radical (unpaired) electrons. The molecule has 1 fully saturated rings. The molecular weight excluding hydrogens is 275 g/mol.